The van der Waals surface area contributed by atoms with Crippen molar-refractivity contribution < 1.29 is 54.4 Å². The molecule has 0 aliphatic carbocycles. The number of nitrogens with one attached hydrogen (secondary N) is 2. The number of aliphatic imine (C=N–C) groups is 1. The molecule has 0 saturated carbocycles. The monoisotopic (exact) mass is 891 g/mol. The number of carboxylic acid groups (broad SMARTS) is 2. The number of carboxylic acids is 2. The molecule has 2 amide bonds. The largest absolute Gasteiger partial charge is 0.480 e. The number of carbonyl (C=O) groups is 4. The zero-order valence-electron chi connectivity index (χ0n) is 34.2. The van der Waals surface area contributed by atoms with Crippen molar-refractivity contribution in [3.8, 4) is 0 Å². The molecule has 0 radical (unpaired) electrons. The lowest BCUT2D eigenvalue weighted by molar-refractivity contribution is -0.684. The Kier molecular flexibility index (Phi) is 23.4. The van der Waals surface area contributed by atoms with E-state index in [0.717, 1.165) is 49.7 Å². The van der Waals surface area contributed by atoms with Crippen LogP contribution in [0, 0.1) is 0 Å². The van der Waals surface area contributed by atoms with Gasteiger partial charge < -0.3 is 51.1 Å². The summed E-state index contributed by atoms with van der Waals surface area (Å²) in [6.45, 7) is 4.88. The number of rotatable bonds is 29. The second-order valence-electron chi connectivity index (χ2n) is 13.4. The number of aliphatic hydroxyl groups excluding tert-OH is 4. The predicted molar refractivity (Wildman–Crippen MR) is 246 cm³/mol. The summed E-state index contributed by atoms with van der Waals surface area (Å²) in [5.41, 5.74) is 5.18. The highest BCUT2D eigenvalue weighted by Gasteiger charge is 2.24. The van der Waals surface area contributed by atoms with Crippen LogP contribution in [0.5, 0.6) is 0 Å². The number of anilines is 2. The van der Waals surface area contributed by atoms with E-state index in [-0.39, 0.29) is 51.0 Å². The van der Waals surface area contributed by atoms with Crippen LogP contribution in [-0.2, 0) is 25.7 Å². The first kappa shape index (κ1) is 50.6. The van der Waals surface area contributed by atoms with Crippen LogP contribution in [0.2, 0.25) is 0 Å². The molecule has 0 saturated heterocycles. The van der Waals surface area contributed by atoms with Gasteiger partial charge in [0.05, 0.1) is 26.4 Å². The number of allylic oxidation sites excluding steroid dienone is 4. The molecular formula is C44H55N6O10S2+. The van der Waals surface area contributed by atoms with Crippen LogP contribution >= 0.6 is 21.6 Å². The number of hydrogen-bond donors (Lipinski definition) is 8. The van der Waals surface area contributed by atoms with Crippen molar-refractivity contribution in [2.24, 2.45) is 4.99 Å². The highest BCUT2D eigenvalue weighted by molar-refractivity contribution is 8.76. The second-order valence-corrected chi connectivity index (χ2v) is 15.9. The van der Waals surface area contributed by atoms with Crippen LogP contribution in [-0.4, -0.2) is 143 Å². The molecule has 3 aromatic rings. The Morgan fingerprint density at radius 2 is 1.10 bits per heavy atom. The van der Waals surface area contributed by atoms with Crippen LogP contribution in [0.25, 0.3) is 18.2 Å². The van der Waals surface area contributed by atoms with E-state index in [1.807, 2.05) is 88.7 Å². The van der Waals surface area contributed by atoms with Crippen LogP contribution in [0.1, 0.15) is 16.7 Å². The van der Waals surface area contributed by atoms with Crippen molar-refractivity contribution in [1.82, 2.24) is 10.6 Å². The van der Waals surface area contributed by atoms with Gasteiger partial charge in [-0.05, 0) is 52.6 Å². The molecule has 0 aliphatic heterocycles. The Hall–Kier alpha value is -5.76. The predicted octanol–water partition coefficient (Wildman–Crippen LogP) is 2.14. The second kappa shape index (κ2) is 28.7. The molecule has 8 N–H and O–H groups in total. The number of benzene rings is 2. The summed E-state index contributed by atoms with van der Waals surface area (Å²) in [5.74, 6) is -3.79. The van der Waals surface area contributed by atoms with Gasteiger partial charge in [-0.2, -0.15) is 4.57 Å². The fourth-order valence-corrected chi connectivity index (χ4v) is 7.89. The Labute approximate surface area is 369 Å². The molecule has 3 rings (SSSR count). The molecular weight excluding hydrogens is 837 g/mol. The third-order valence-electron chi connectivity index (χ3n) is 8.84. The Balaban J connectivity index is 1.42. The first-order valence-electron chi connectivity index (χ1n) is 19.6. The number of amides is 2. The van der Waals surface area contributed by atoms with Gasteiger partial charge in [0.1, 0.15) is 18.6 Å². The fourth-order valence-electron chi connectivity index (χ4n) is 5.58. The molecule has 2 unspecified atom stereocenters. The molecule has 0 fully saturated rings. The summed E-state index contributed by atoms with van der Waals surface area (Å²) in [6, 6.07) is 16.4. The van der Waals surface area contributed by atoms with Gasteiger partial charge >= 0.3 is 11.9 Å². The van der Waals surface area contributed by atoms with E-state index in [4.69, 9.17) is 0 Å². The molecule has 332 valence electrons. The van der Waals surface area contributed by atoms with Crippen molar-refractivity contribution in [2.75, 3.05) is 80.5 Å². The maximum atomic E-state index is 12.7. The van der Waals surface area contributed by atoms with E-state index < -0.39 is 35.8 Å². The molecule has 2 atom stereocenters. The number of carbonyl (C=O) groups excluding carboxylic acids is 2. The standard InChI is InChI=1S/C44H54N6O10S2/c1-2-33(3-4-34-7-11-37(12-8-34)49(21-25-51)22-26-52)15-18-45-29-41(55)46-39(43(57)58)31-61-62-32-40(44(59)60)47-42(56)30-48-19-16-36(17-20-48)6-5-35-9-13-38(14-10-35)50(23-27-53)24-28-54/h2-20,39-40,51-54H,1,21-32H2,(H3-,46,47,55,56,57,58,59,60)/p+1/b4-3+,33-15+,45-18+. The van der Waals surface area contributed by atoms with Crippen molar-refractivity contribution in [2.45, 2.75) is 18.6 Å². The summed E-state index contributed by atoms with van der Waals surface area (Å²) in [6.07, 6.45) is 15.6. The van der Waals surface area contributed by atoms with E-state index in [1.165, 1.54) is 6.21 Å². The smallest absolute Gasteiger partial charge is 0.327 e. The van der Waals surface area contributed by atoms with E-state index in [0.29, 0.717) is 31.8 Å². The fraction of sp³-hybridized carbons (Fsp3) is 0.318. The zero-order chi connectivity index (χ0) is 45.1. The average molecular weight is 892 g/mol. The number of aromatic nitrogens is 1. The summed E-state index contributed by atoms with van der Waals surface area (Å²) >= 11 is 0. The molecule has 2 aromatic carbocycles. The van der Waals surface area contributed by atoms with Crippen LogP contribution in [0.15, 0.2) is 108 Å². The lowest BCUT2D eigenvalue weighted by Gasteiger charge is -2.22. The number of hydrogen-bond acceptors (Lipinski definition) is 13. The summed E-state index contributed by atoms with van der Waals surface area (Å²) < 4.78 is 1.60. The molecule has 1 aromatic heterocycles. The van der Waals surface area contributed by atoms with Gasteiger partial charge in [0.15, 0.2) is 12.4 Å². The first-order chi connectivity index (χ1) is 30.0. The van der Waals surface area contributed by atoms with Gasteiger partial charge in [-0.1, -0.05) is 82.8 Å². The Morgan fingerprint density at radius 1 is 0.661 bits per heavy atom. The van der Waals surface area contributed by atoms with E-state index in [9.17, 15) is 49.8 Å². The summed E-state index contributed by atoms with van der Waals surface area (Å²) in [4.78, 5) is 56.8. The average Bonchev–Trinajstić information content (AvgIpc) is 3.26. The molecule has 0 bridgehead atoms. The highest BCUT2D eigenvalue weighted by Crippen LogP contribution is 2.23. The summed E-state index contributed by atoms with van der Waals surface area (Å²) in [7, 11) is 2.10. The van der Waals surface area contributed by atoms with Crippen molar-refractivity contribution >= 4 is 81.2 Å². The number of aliphatic carboxylic acids is 2. The molecule has 16 nitrogen and oxygen atoms in total. The SMILES string of the molecule is C=CC(/C=C/c1ccc(N(CCO)CCO)cc1)=C\C=N\CC(=O)NC(CSSCC(NC(=O)C[n+]1ccc(/C=C/c2ccc(N(CCO)CCO)cc2)cc1)C(=O)O)C(=O)O. The number of pyridine rings is 1. The third-order valence-corrected chi connectivity index (χ3v) is 11.3. The van der Waals surface area contributed by atoms with Crippen LogP contribution < -0.4 is 25.0 Å². The van der Waals surface area contributed by atoms with E-state index in [1.54, 1.807) is 35.2 Å². The van der Waals surface area contributed by atoms with E-state index in [2.05, 4.69) is 22.2 Å². The lowest BCUT2D eigenvalue weighted by Crippen LogP contribution is -2.49. The normalized spacial score (nSPS) is 12.7. The van der Waals surface area contributed by atoms with Gasteiger partial charge in [-0.15, -0.1) is 0 Å². The van der Waals surface area contributed by atoms with Gasteiger partial charge in [0.2, 0.25) is 12.5 Å². The Morgan fingerprint density at radius 3 is 1.53 bits per heavy atom. The molecule has 0 spiro atoms. The van der Waals surface area contributed by atoms with Crippen molar-refractivity contribution in [3.05, 3.63) is 120 Å². The zero-order valence-corrected chi connectivity index (χ0v) is 35.9. The number of nitrogens with zero attached hydrogens (tertiary/aromatic N) is 4. The quantitative estimate of drug-likeness (QED) is 0.0164. The van der Waals surface area contributed by atoms with E-state index >= 15 is 0 Å². The topological polar surface area (TPSA) is 236 Å². The lowest BCUT2D eigenvalue weighted by atomic mass is 10.1. The minimum Gasteiger partial charge on any atom is -0.480 e. The van der Waals surface area contributed by atoms with Crippen LogP contribution in [0.4, 0.5) is 11.4 Å². The minimum atomic E-state index is -1.27. The van der Waals surface area contributed by atoms with Gasteiger partial charge in [-0.25, -0.2) is 9.59 Å². The maximum absolute atomic E-state index is 12.7. The highest BCUT2D eigenvalue weighted by atomic mass is 33.1. The maximum Gasteiger partial charge on any atom is 0.327 e. The van der Waals surface area contributed by atoms with Crippen molar-refractivity contribution in [3.63, 3.8) is 0 Å². The summed E-state index contributed by atoms with van der Waals surface area (Å²) in [5, 5.41) is 61.3. The van der Waals surface area contributed by atoms with Crippen LogP contribution in [0.3, 0.4) is 0 Å². The number of aliphatic hydroxyl groups is 4. The third kappa shape index (κ3) is 18.9. The van der Waals surface area contributed by atoms with Gasteiger partial charge in [-0.3, -0.25) is 14.6 Å². The van der Waals surface area contributed by atoms with Gasteiger partial charge in [0, 0.05) is 67.4 Å². The Bertz CT molecular complexity index is 1980. The first-order valence-corrected chi connectivity index (χ1v) is 22.1. The van der Waals surface area contributed by atoms with Crippen molar-refractivity contribution in [1.29, 1.82) is 0 Å². The molecule has 1 heterocycles. The molecule has 0 aliphatic rings. The molecule has 62 heavy (non-hydrogen) atoms. The van der Waals surface area contributed by atoms with Gasteiger partial charge in [0.25, 0.3) is 5.91 Å². The molecule has 18 heteroatoms. The minimum absolute atomic E-state index is 0.0201.